The van der Waals surface area contributed by atoms with Gasteiger partial charge in [0, 0.05) is 11.1 Å². The van der Waals surface area contributed by atoms with E-state index in [-0.39, 0.29) is 16.4 Å². The Kier molecular flexibility index (Phi) is 7.01. The Morgan fingerprint density at radius 3 is 1.46 bits per heavy atom. The number of fused-ring (bicyclic) bond motifs is 3. The van der Waals surface area contributed by atoms with Gasteiger partial charge in [-0.2, -0.15) is 18.4 Å². The molecule has 0 heterocycles. The number of hydrazone groups is 1. The van der Waals surface area contributed by atoms with E-state index >= 15 is 0 Å². The van der Waals surface area contributed by atoms with Crippen LogP contribution in [0, 0.1) is 6.92 Å². The van der Waals surface area contributed by atoms with Crippen LogP contribution in [0.1, 0.15) is 43.7 Å². The maximum absolute atomic E-state index is 13.5. The van der Waals surface area contributed by atoms with Gasteiger partial charge in [-0.1, -0.05) is 90.5 Å². The second-order valence-electron chi connectivity index (χ2n) is 9.41. The minimum atomic E-state index is -3.94. The predicted molar refractivity (Wildman–Crippen MR) is 147 cm³/mol. The molecule has 0 saturated carbocycles. The molecule has 5 nitrogen and oxygen atoms in total. The molecule has 0 atom stereocenters. The maximum atomic E-state index is 13.5. The zero-order chi connectivity index (χ0) is 25.8. The number of carbonyl (C=O) groups is 1. The van der Waals surface area contributed by atoms with Crippen LogP contribution >= 0.6 is 0 Å². The van der Waals surface area contributed by atoms with Crippen LogP contribution in [-0.4, -0.2) is 19.9 Å². The lowest BCUT2D eigenvalue weighted by Crippen LogP contribution is -2.24. The van der Waals surface area contributed by atoms with Crippen LogP contribution in [0.5, 0.6) is 0 Å². The summed E-state index contributed by atoms with van der Waals surface area (Å²) in [6, 6.07) is 30.3. The van der Waals surface area contributed by atoms with Crippen molar-refractivity contribution in [3.63, 3.8) is 0 Å². The molecule has 4 aliphatic carbocycles. The molecular weight excluding hydrogens is 480 g/mol. The molecular formula is C31H28N2O3S. The summed E-state index contributed by atoms with van der Waals surface area (Å²) in [5, 5.41) is 4.15. The molecule has 8 rings (SSSR count). The van der Waals surface area contributed by atoms with Gasteiger partial charge in [-0.15, -0.1) is 0 Å². The number of ketones is 1. The fourth-order valence-electron chi connectivity index (χ4n) is 4.36. The van der Waals surface area contributed by atoms with E-state index in [9.17, 15) is 13.2 Å². The SMILES string of the molecule is Cc1ccc(S(=O)(=O)N/N=C2\C(=O)c3ccc(cc3)CCc3ccc(cc3)CCc3ccc2cc3)cc1. The highest BCUT2D eigenvalue weighted by atomic mass is 32.2. The zero-order valence-electron chi connectivity index (χ0n) is 20.6. The third-order valence-corrected chi connectivity index (χ3v) is 7.92. The van der Waals surface area contributed by atoms with Crippen LogP contribution in [0.3, 0.4) is 0 Å². The van der Waals surface area contributed by atoms with E-state index < -0.39 is 10.0 Å². The summed E-state index contributed by atoms with van der Waals surface area (Å²) in [4.78, 5) is 15.9. The molecule has 0 fully saturated rings. The summed E-state index contributed by atoms with van der Waals surface area (Å²) in [6.45, 7) is 1.88. The molecule has 4 aliphatic rings. The van der Waals surface area contributed by atoms with Gasteiger partial charge in [0.25, 0.3) is 10.0 Å². The maximum Gasteiger partial charge on any atom is 0.276 e. The smallest absolute Gasteiger partial charge is 0.276 e. The molecule has 186 valence electrons. The number of carbonyl (C=O) groups excluding carboxylic acids is 1. The third-order valence-electron chi connectivity index (χ3n) is 6.70. The number of hydrogen-bond donors (Lipinski definition) is 1. The fourth-order valence-corrected chi connectivity index (χ4v) is 5.17. The van der Waals surface area contributed by atoms with Crippen molar-refractivity contribution in [2.24, 2.45) is 5.10 Å². The summed E-state index contributed by atoms with van der Waals surface area (Å²) in [5.74, 6) is -0.345. The molecule has 0 amide bonds. The summed E-state index contributed by atoms with van der Waals surface area (Å²) < 4.78 is 25.8. The van der Waals surface area contributed by atoms with E-state index in [0.717, 1.165) is 42.4 Å². The van der Waals surface area contributed by atoms with Gasteiger partial charge < -0.3 is 0 Å². The molecule has 0 spiro atoms. The van der Waals surface area contributed by atoms with Gasteiger partial charge in [-0.05, 0) is 67.0 Å². The minimum Gasteiger partial charge on any atom is -0.287 e. The Bertz CT molecular complexity index is 1540. The van der Waals surface area contributed by atoms with Crippen LogP contribution < -0.4 is 4.83 Å². The Hall–Kier alpha value is -4.03. The monoisotopic (exact) mass is 508 g/mol. The van der Waals surface area contributed by atoms with Crippen molar-refractivity contribution in [3.05, 3.63) is 136 Å². The number of aryl methyl sites for hydroxylation is 5. The summed E-state index contributed by atoms with van der Waals surface area (Å²) in [7, 11) is -3.94. The topological polar surface area (TPSA) is 75.6 Å². The Balaban J connectivity index is 1.52. The van der Waals surface area contributed by atoms with E-state index in [1.165, 1.54) is 23.3 Å². The summed E-state index contributed by atoms with van der Waals surface area (Å²) >= 11 is 0. The second kappa shape index (κ2) is 10.5. The van der Waals surface area contributed by atoms with E-state index in [4.69, 9.17) is 0 Å². The lowest BCUT2D eigenvalue weighted by Gasteiger charge is -2.11. The molecule has 4 aromatic carbocycles. The quantitative estimate of drug-likeness (QED) is 0.374. The summed E-state index contributed by atoms with van der Waals surface area (Å²) in [6.07, 6.45) is 3.56. The van der Waals surface area contributed by atoms with Crippen LogP contribution in [0.15, 0.2) is 107 Å². The van der Waals surface area contributed by atoms with Crippen molar-refractivity contribution in [1.82, 2.24) is 4.83 Å². The molecule has 6 heteroatoms. The van der Waals surface area contributed by atoms with E-state index in [1.807, 2.05) is 43.3 Å². The van der Waals surface area contributed by atoms with E-state index in [1.54, 1.807) is 24.3 Å². The first-order valence-corrected chi connectivity index (χ1v) is 13.8. The number of nitrogens with one attached hydrogen (secondary N) is 1. The highest BCUT2D eigenvalue weighted by molar-refractivity contribution is 7.89. The predicted octanol–water partition coefficient (Wildman–Crippen LogP) is 5.44. The first-order chi connectivity index (χ1) is 17.9. The number of benzene rings is 4. The zero-order valence-corrected chi connectivity index (χ0v) is 21.5. The van der Waals surface area contributed by atoms with Gasteiger partial charge in [0.05, 0.1) is 4.90 Å². The number of Topliss-reactive ketones (excluding diaryl/α,β-unsaturated/α-hetero) is 1. The molecule has 0 unspecified atom stereocenters. The molecule has 0 radical (unpaired) electrons. The van der Waals surface area contributed by atoms with E-state index in [2.05, 4.69) is 34.2 Å². The van der Waals surface area contributed by atoms with Crippen molar-refractivity contribution >= 4 is 21.5 Å². The van der Waals surface area contributed by atoms with Crippen molar-refractivity contribution in [3.8, 4) is 0 Å². The lowest BCUT2D eigenvalue weighted by atomic mass is 9.95. The highest BCUT2D eigenvalue weighted by Crippen LogP contribution is 2.17. The van der Waals surface area contributed by atoms with Crippen LogP contribution in [0.2, 0.25) is 0 Å². The Labute approximate surface area is 217 Å². The number of hydrogen-bond acceptors (Lipinski definition) is 4. The second-order valence-corrected chi connectivity index (χ2v) is 11.1. The Morgan fingerprint density at radius 2 is 1.00 bits per heavy atom. The lowest BCUT2D eigenvalue weighted by molar-refractivity contribution is 0.106. The van der Waals surface area contributed by atoms with Gasteiger partial charge in [0.2, 0.25) is 5.78 Å². The van der Waals surface area contributed by atoms with Crippen molar-refractivity contribution in [1.29, 1.82) is 0 Å². The average Bonchev–Trinajstić information content (AvgIpc) is 2.92. The van der Waals surface area contributed by atoms with E-state index in [0.29, 0.717) is 11.1 Å². The molecule has 4 aromatic rings. The summed E-state index contributed by atoms with van der Waals surface area (Å²) in [5.41, 5.74) is 6.82. The van der Waals surface area contributed by atoms with Crippen molar-refractivity contribution in [2.75, 3.05) is 0 Å². The van der Waals surface area contributed by atoms with Crippen LogP contribution in [-0.2, 0) is 35.7 Å². The molecule has 37 heavy (non-hydrogen) atoms. The van der Waals surface area contributed by atoms with Crippen molar-refractivity contribution < 1.29 is 13.2 Å². The highest BCUT2D eigenvalue weighted by Gasteiger charge is 2.20. The largest absolute Gasteiger partial charge is 0.287 e. The normalized spacial score (nSPS) is 15.1. The molecule has 0 aliphatic heterocycles. The number of rotatable bonds is 3. The van der Waals surface area contributed by atoms with Gasteiger partial charge in [0.1, 0.15) is 5.71 Å². The van der Waals surface area contributed by atoms with Gasteiger partial charge in [-0.3, -0.25) is 4.79 Å². The fraction of sp³-hybridized carbons (Fsp3) is 0.161. The van der Waals surface area contributed by atoms with Crippen LogP contribution in [0.25, 0.3) is 0 Å². The molecule has 1 N–H and O–H groups in total. The van der Waals surface area contributed by atoms with Crippen LogP contribution in [0.4, 0.5) is 0 Å². The third kappa shape index (κ3) is 5.87. The standard InChI is InChI=1S/C31H28N2O3S/c1-22-2-20-29(21-3-22)37(35,36)33-32-30-27-16-12-25(13-17-27)10-8-23-4-6-24(7-5-23)9-11-26-14-18-28(19-15-26)31(30)34/h2-7,12-21,33H,8-11H2,1H3/b32-30-. The van der Waals surface area contributed by atoms with Crippen molar-refractivity contribution in [2.45, 2.75) is 37.5 Å². The average molecular weight is 509 g/mol. The molecule has 0 aromatic heterocycles. The first-order valence-electron chi connectivity index (χ1n) is 12.3. The minimum absolute atomic E-state index is 0.0472. The molecule has 0 saturated heterocycles. The van der Waals surface area contributed by atoms with Gasteiger partial charge in [-0.25, -0.2) is 0 Å². The molecule has 6 bridgehead atoms. The van der Waals surface area contributed by atoms with Gasteiger partial charge in [0.15, 0.2) is 0 Å². The van der Waals surface area contributed by atoms with Gasteiger partial charge >= 0.3 is 0 Å². The Morgan fingerprint density at radius 1 is 0.595 bits per heavy atom. The number of nitrogens with zero attached hydrogens (tertiary/aromatic N) is 1. The number of sulfonamides is 1. The first kappa shape index (κ1) is 24.7.